The van der Waals surface area contributed by atoms with Crippen molar-refractivity contribution in [1.29, 1.82) is 0 Å². The number of carbonyl (C=O) groups is 2. The molecule has 1 aliphatic rings. The molecule has 0 aliphatic carbocycles. The lowest BCUT2D eigenvalue weighted by molar-refractivity contribution is -0.118. The number of benzene rings is 2. The summed E-state index contributed by atoms with van der Waals surface area (Å²) in [4.78, 5) is 38.0. The molecular weight excluding hydrogens is 444 g/mol. The van der Waals surface area contributed by atoms with E-state index in [2.05, 4.69) is 15.6 Å². The molecule has 9 heteroatoms. The molecule has 4 rings (SSSR count). The summed E-state index contributed by atoms with van der Waals surface area (Å²) in [6.45, 7) is 5.27. The average molecular weight is 475 g/mol. The minimum Gasteiger partial charge on any atom is -0.383 e. The SMILES string of the molecule is CNC(=O)Nc1ccc(-c2ncc3c(n2)N(CCOC)CC(=O)N3C(C)c2ccc(C)cc2)cc1. The average Bonchev–Trinajstić information content (AvgIpc) is 2.87. The maximum atomic E-state index is 13.3. The third kappa shape index (κ3) is 5.25. The van der Waals surface area contributed by atoms with Crippen molar-refractivity contribution in [3.63, 3.8) is 0 Å². The number of nitrogens with zero attached hydrogens (tertiary/aromatic N) is 4. The van der Waals surface area contributed by atoms with E-state index in [-0.39, 0.29) is 24.5 Å². The Bertz CT molecular complexity index is 1200. The Morgan fingerprint density at radius 1 is 1.14 bits per heavy atom. The molecule has 1 aliphatic heterocycles. The molecule has 2 heterocycles. The second-order valence-electron chi connectivity index (χ2n) is 8.45. The largest absolute Gasteiger partial charge is 0.383 e. The summed E-state index contributed by atoms with van der Waals surface area (Å²) < 4.78 is 5.27. The minimum absolute atomic E-state index is 0.0114. The predicted molar refractivity (Wildman–Crippen MR) is 137 cm³/mol. The highest BCUT2D eigenvalue weighted by Crippen LogP contribution is 2.38. The van der Waals surface area contributed by atoms with Gasteiger partial charge in [-0.2, -0.15) is 0 Å². The zero-order valence-corrected chi connectivity index (χ0v) is 20.4. The molecule has 182 valence electrons. The van der Waals surface area contributed by atoms with E-state index in [9.17, 15) is 9.59 Å². The van der Waals surface area contributed by atoms with Crippen molar-refractivity contribution in [3.05, 3.63) is 65.9 Å². The van der Waals surface area contributed by atoms with Gasteiger partial charge in [-0.05, 0) is 43.7 Å². The first-order chi connectivity index (χ1) is 16.9. The number of fused-ring (bicyclic) bond motifs is 1. The number of aromatic nitrogens is 2. The van der Waals surface area contributed by atoms with Gasteiger partial charge in [0, 0.05) is 32.0 Å². The lowest BCUT2D eigenvalue weighted by atomic mass is 10.0. The molecular formula is C26H30N6O3. The maximum Gasteiger partial charge on any atom is 0.318 e. The summed E-state index contributed by atoms with van der Waals surface area (Å²) >= 11 is 0. The first-order valence-corrected chi connectivity index (χ1v) is 11.5. The molecule has 35 heavy (non-hydrogen) atoms. The van der Waals surface area contributed by atoms with Crippen molar-refractivity contribution in [1.82, 2.24) is 15.3 Å². The molecule has 9 nitrogen and oxygen atoms in total. The normalized spacial score (nSPS) is 13.9. The van der Waals surface area contributed by atoms with Gasteiger partial charge in [0.15, 0.2) is 11.6 Å². The van der Waals surface area contributed by atoms with E-state index in [0.29, 0.717) is 36.2 Å². The molecule has 1 atom stereocenters. The maximum absolute atomic E-state index is 13.3. The van der Waals surface area contributed by atoms with Gasteiger partial charge in [-0.1, -0.05) is 29.8 Å². The summed E-state index contributed by atoms with van der Waals surface area (Å²) in [6.07, 6.45) is 1.72. The number of nitrogens with one attached hydrogen (secondary N) is 2. The molecule has 3 aromatic rings. The van der Waals surface area contributed by atoms with Crippen LogP contribution in [0.4, 0.5) is 22.0 Å². The van der Waals surface area contributed by atoms with Crippen LogP contribution in [0.5, 0.6) is 0 Å². The standard InChI is InChI=1S/C26H30N6O3/c1-17-5-7-19(8-6-17)18(2)32-22-15-28-24(20-9-11-21(12-10-20)29-26(34)27-3)30-25(22)31(13-14-35-4)16-23(32)33/h5-12,15,18H,13-14,16H2,1-4H3,(H2,27,29,34). The van der Waals surface area contributed by atoms with Gasteiger partial charge in [0.05, 0.1) is 25.4 Å². The van der Waals surface area contributed by atoms with E-state index in [1.54, 1.807) is 37.4 Å². The monoisotopic (exact) mass is 474 g/mol. The van der Waals surface area contributed by atoms with Gasteiger partial charge in [0.25, 0.3) is 0 Å². The van der Waals surface area contributed by atoms with Crippen LogP contribution in [-0.2, 0) is 9.53 Å². The quantitative estimate of drug-likeness (QED) is 0.541. The third-order valence-corrected chi connectivity index (χ3v) is 6.04. The van der Waals surface area contributed by atoms with Crippen LogP contribution in [0.15, 0.2) is 54.7 Å². The number of rotatable bonds is 7. The van der Waals surface area contributed by atoms with Crippen molar-refractivity contribution >= 4 is 29.1 Å². The molecule has 0 fully saturated rings. The number of hydrogen-bond acceptors (Lipinski definition) is 6. The predicted octanol–water partition coefficient (Wildman–Crippen LogP) is 3.76. The summed E-state index contributed by atoms with van der Waals surface area (Å²) in [5.41, 5.74) is 4.35. The fraction of sp³-hybridized carbons (Fsp3) is 0.308. The number of urea groups is 1. The Hall–Kier alpha value is -3.98. The van der Waals surface area contributed by atoms with Crippen LogP contribution < -0.4 is 20.4 Å². The van der Waals surface area contributed by atoms with E-state index >= 15 is 0 Å². The highest BCUT2D eigenvalue weighted by Gasteiger charge is 2.34. The van der Waals surface area contributed by atoms with Gasteiger partial charge >= 0.3 is 6.03 Å². The van der Waals surface area contributed by atoms with Crippen LogP contribution in [0.3, 0.4) is 0 Å². The Morgan fingerprint density at radius 2 is 1.86 bits per heavy atom. The second-order valence-corrected chi connectivity index (χ2v) is 8.45. The first-order valence-electron chi connectivity index (χ1n) is 11.5. The second kappa shape index (κ2) is 10.5. The zero-order valence-electron chi connectivity index (χ0n) is 20.4. The molecule has 0 saturated carbocycles. The van der Waals surface area contributed by atoms with Crippen LogP contribution in [0.1, 0.15) is 24.1 Å². The minimum atomic E-state index is -0.288. The van der Waals surface area contributed by atoms with Crippen molar-refractivity contribution in [2.75, 3.05) is 49.0 Å². The topological polar surface area (TPSA) is 99.7 Å². The van der Waals surface area contributed by atoms with Crippen molar-refractivity contribution in [2.24, 2.45) is 0 Å². The third-order valence-electron chi connectivity index (χ3n) is 6.04. The van der Waals surface area contributed by atoms with E-state index in [1.807, 2.05) is 55.1 Å². The van der Waals surface area contributed by atoms with Gasteiger partial charge in [0.2, 0.25) is 5.91 Å². The van der Waals surface area contributed by atoms with E-state index in [0.717, 1.165) is 11.1 Å². The first kappa shape index (κ1) is 24.2. The molecule has 1 unspecified atom stereocenters. The number of methoxy groups -OCH3 is 1. The summed E-state index contributed by atoms with van der Waals surface area (Å²) in [7, 11) is 3.20. The van der Waals surface area contributed by atoms with Crippen molar-refractivity contribution in [3.8, 4) is 11.4 Å². The number of ether oxygens (including phenoxy) is 1. The van der Waals surface area contributed by atoms with E-state index < -0.39 is 0 Å². The van der Waals surface area contributed by atoms with Crippen molar-refractivity contribution in [2.45, 2.75) is 19.9 Å². The number of anilines is 3. The Morgan fingerprint density at radius 3 is 2.51 bits per heavy atom. The highest BCUT2D eigenvalue weighted by atomic mass is 16.5. The number of amides is 3. The van der Waals surface area contributed by atoms with Crippen molar-refractivity contribution < 1.29 is 14.3 Å². The van der Waals surface area contributed by atoms with Gasteiger partial charge in [0.1, 0.15) is 5.69 Å². The fourth-order valence-corrected chi connectivity index (χ4v) is 4.06. The van der Waals surface area contributed by atoms with Crippen LogP contribution in [0.25, 0.3) is 11.4 Å². The smallest absolute Gasteiger partial charge is 0.318 e. The molecule has 2 aromatic carbocycles. The summed E-state index contributed by atoms with van der Waals surface area (Å²) in [6, 6.07) is 15.0. The zero-order chi connectivity index (χ0) is 24.9. The molecule has 3 amide bonds. The summed E-state index contributed by atoms with van der Waals surface area (Å²) in [5, 5.41) is 5.26. The van der Waals surface area contributed by atoms with Gasteiger partial charge < -0.3 is 20.3 Å². The highest BCUT2D eigenvalue weighted by molar-refractivity contribution is 6.03. The summed E-state index contributed by atoms with van der Waals surface area (Å²) in [5.74, 6) is 1.22. The molecule has 2 N–H and O–H groups in total. The number of aryl methyl sites for hydroxylation is 1. The number of carbonyl (C=O) groups excluding carboxylic acids is 2. The molecule has 0 spiro atoms. The Labute approximate surface area is 205 Å². The van der Waals surface area contributed by atoms with Gasteiger partial charge in [-0.25, -0.2) is 14.8 Å². The number of hydrogen-bond donors (Lipinski definition) is 2. The van der Waals surface area contributed by atoms with Crippen LogP contribution in [0, 0.1) is 6.92 Å². The lowest BCUT2D eigenvalue weighted by Gasteiger charge is -2.39. The lowest BCUT2D eigenvalue weighted by Crippen LogP contribution is -2.48. The van der Waals surface area contributed by atoms with Crippen LogP contribution in [-0.4, -0.2) is 55.8 Å². The Kier molecular flexibility index (Phi) is 7.26. The van der Waals surface area contributed by atoms with Gasteiger partial charge in [-0.15, -0.1) is 0 Å². The van der Waals surface area contributed by atoms with E-state index in [1.165, 1.54) is 5.56 Å². The molecule has 0 bridgehead atoms. The molecule has 1 aromatic heterocycles. The fourth-order valence-electron chi connectivity index (χ4n) is 4.06. The Balaban J connectivity index is 1.70. The molecule has 0 saturated heterocycles. The van der Waals surface area contributed by atoms with Crippen LogP contribution in [0.2, 0.25) is 0 Å². The van der Waals surface area contributed by atoms with Gasteiger partial charge in [-0.3, -0.25) is 9.69 Å². The van der Waals surface area contributed by atoms with Crippen LogP contribution >= 0.6 is 0 Å². The van der Waals surface area contributed by atoms with E-state index in [4.69, 9.17) is 9.72 Å². The molecule has 0 radical (unpaired) electrons.